The predicted molar refractivity (Wildman–Crippen MR) is 117 cm³/mol. The predicted octanol–water partition coefficient (Wildman–Crippen LogP) is 7.00. The molecule has 1 atom stereocenters. The van der Waals surface area contributed by atoms with Crippen LogP contribution in [0.15, 0.2) is 72.4 Å². The maximum Gasteiger partial charge on any atom is 0.192 e. The highest BCUT2D eigenvalue weighted by Gasteiger charge is 2.26. The normalized spacial score (nSPS) is 15.9. The van der Waals surface area contributed by atoms with Gasteiger partial charge in [-0.15, -0.1) is 16.8 Å². The number of hydrogen-bond acceptors (Lipinski definition) is 3. The SMILES string of the molecule is C=CCC(Sc1nnc(-c2cccc(F)c2)n1C1CCCCC1)c1ccccc1. The summed E-state index contributed by atoms with van der Waals surface area (Å²) in [7, 11) is 0. The Morgan fingerprint density at radius 3 is 2.59 bits per heavy atom. The van der Waals surface area contributed by atoms with E-state index in [9.17, 15) is 4.39 Å². The summed E-state index contributed by atoms with van der Waals surface area (Å²) in [5.41, 5.74) is 2.04. The number of thioether (sulfide) groups is 1. The van der Waals surface area contributed by atoms with Crippen LogP contribution in [0.5, 0.6) is 0 Å². The van der Waals surface area contributed by atoms with Crippen LogP contribution in [0.3, 0.4) is 0 Å². The van der Waals surface area contributed by atoms with Crippen molar-refractivity contribution in [1.29, 1.82) is 0 Å². The van der Waals surface area contributed by atoms with E-state index < -0.39 is 0 Å². The summed E-state index contributed by atoms with van der Waals surface area (Å²) in [6.45, 7) is 3.94. The Balaban J connectivity index is 1.73. The lowest BCUT2D eigenvalue weighted by molar-refractivity contribution is 0.339. The minimum atomic E-state index is -0.247. The average molecular weight is 408 g/mol. The summed E-state index contributed by atoms with van der Waals surface area (Å²) in [6.07, 6.45) is 8.74. The first-order chi connectivity index (χ1) is 14.3. The highest BCUT2D eigenvalue weighted by Crippen LogP contribution is 2.41. The van der Waals surface area contributed by atoms with Crippen molar-refractivity contribution >= 4 is 11.8 Å². The fraction of sp³-hybridized carbons (Fsp3) is 0.333. The van der Waals surface area contributed by atoms with Crippen LogP contribution in [-0.4, -0.2) is 14.8 Å². The van der Waals surface area contributed by atoms with Crippen molar-refractivity contribution in [2.75, 3.05) is 0 Å². The van der Waals surface area contributed by atoms with Crippen LogP contribution in [0, 0.1) is 5.82 Å². The molecule has 1 aliphatic carbocycles. The molecule has 1 aliphatic rings. The van der Waals surface area contributed by atoms with Crippen molar-refractivity contribution in [2.45, 2.75) is 55.0 Å². The quantitative estimate of drug-likeness (QED) is 0.312. The minimum Gasteiger partial charge on any atom is -0.299 e. The Morgan fingerprint density at radius 1 is 1.07 bits per heavy atom. The number of rotatable bonds is 7. The lowest BCUT2D eigenvalue weighted by Crippen LogP contribution is -2.15. The van der Waals surface area contributed by atoms with E-state index in [1.807, 2.05) is 18.2 Å². The van der Waals surface area contributed by atoms with Gasteiger partial charge in [0.1, 0.15) is 5.82 Å². The second-order valence-corrected chi connectivity index (χ2v) is 8.69. The number of nitrogens with zero attached hydrogens (tertiary/aromatic N) is 3. The average Bonchev–Trinajstić information content (AvgIpc) is 3.18. The molecule has 0 radical (unpaired) electrons. The molecule has 150 valence electrons. The lowest BCUT2D eigenvalue weighted by Gasteiger charge is -2.26. The van der Waals surface area contributed by atoms with Gasteiger partial charge in [0.15, 0.2) is 11.0 Å². The van der Waals surface area contributed by atoms with E-state index in [-0.39, 0.29) is 11.1 Å². The maximum absolute atomic E-state index is 13.9. The van der Waals surface area contributed by atoms with Crippen LogP contribution in [0.4, 0.5) is 4.39 Å². The van der Waals surface area contributed by atoms with E-state index >= 15 is 0 Å². The molecular formula is C24H26FN3S. The lowest BCUT2D eigenvalue weighted by atomic mass is 9.95. The summed E-state index contributed by atoms with van der Waals surface area (Å²) in [5, 5.41) is 10.2. The molecule has 1 unspecified atom stereocenters. The van der Waals surface area contributed by atoms with Crippen molar-refractivity contribution in [2.24, 2.45) is 0 Å². The summed E-state index contributed by atoms with van der Waals surface area (Å²) < 4.78 is 16.2. The fourth-order valence-corrected chi connectivity index (χ4v) is 5.27. The number of allylic oxidation sites excluding steroid dienone is 1. The first kappa shape index (κ1) is 19.9. The molecule has 0 amide bonds. The second-order valence-electron chi connectivity index (χ2n) is 7.52. The van der Waals surface area contributed by atoms with Crippen LogP contribution in [0.2, 0.25) is 0 Å². The van der Waals surface area contributed by atoms with Crippen LogP contribution in [0.25, 0.3) is 11.4 Å². The molecule has 5 heteroatoms. The summed E-state index contributed by atoms with van der Waals surface area (Å²) in [6, 6.07) is 17.5. The highest BCUT2D eigenvalue weighted by molar-refractivity contribution is 7.99. The topological polar surface area (TPSA) is 30.7 Å². The van der Waals surface area contributed by atoms with Gasteiger partial charge in [-0.2, -0.15) is 0 Å². The largest absolute Gasteiger partial charge is 0.299 e. The Bertz CT molecular complexity index is 948. The van der Waals surface area contributed by atoms with E-state index in [0.29, 0.717) is 6.04 Å². The molecule has 0 bridgehead atoms. The van der Waals surface area contributed by atoms with Gasteiger partial charge in [0, 0.05) is 16.9 Å². The van der Waals surface area contributed by atoms with Gasteiger partial charge in [0.05, 0.1) is 0 Å². The number of aromatic nitrogens is 3. The molecule has 0 spiro atoms. The maximum atomic E-state index is 13.9. The van der Waals surface area contributed by atoms with Gasteiger partial charge in [0.25, 0.3) is 0 Å². The van der Waals surface area contributed by atoms with E-state index in [2.05, 4.69) is 45.6 Å². The first-order valence-electron chi connectivity index (χ1n) is 10.3. The molecule has 29 heavy (non-hydrogen) atoms. The van der Waals surface area contributed by atoms with Crippen molar-refractivity contribution in [1.82, 2.24) is 14.8 Å². The van der Waals surface area contributed by atoms with Crippen LogP contribution < -0.4 is 0 Å². The van der Waals surface area contributed by atoms with Crippen molar-refractivity contribution < 1.29 is 4.39 Å². The summed E-state index contributed by atoms with van der Waals surface area (Å²) >= 11 is 1.73. The number of halogens is 1. The Hall–Kier alpha value is -2.40. The number of hydrogen-bond donors (Lipinski definition) is 0. The van der Waals surface area contributed by atoms with Gasteiger partial charge in [-0.3, -0.25) is 4.57 Å². The molecule has 0 aliphatic heterocycles. The third-order valence-electron chi connectivity index (χ3n) is 5.49. The Kier molecular flexibility index (Phi) is 6.45. The zero-order valence-corrected chi connectivity index (χ0v) is 17.3. The fourth-order valence-electron chi connectivity index (χ4n) is 4.05. The van der Waals surface area contributed by atoms with Gasteiger partial charge in [0.2, 0.25) is 0 Å². The van der Waals surface area contributed by atoms with E-state index in [1.54, 1.807) is 23.9 Å². The Morgan fingerprint density at radius 2 is 1.86 bits per heavy atom. The van der Waals surface area contributed by atoms with Gasteiger partial charge < -0.3 is 0 Å². The molecule has 1 fully saturated rings. The molecule has 4 rings (SSSR count). The molecule has 1 aromatic heterocycles. The third kappa shape index (κ3) is 4.61. The van der Waals surface area contributed by atoms with Gasteiger partial charge >= 0.3 is 0 Å². The van der Waals surface area contributed by atoms with E-state index in [4.69, 9.17) is 0 Å². The molecule has 0 saturated heterocycles. The summed E-state index contributed by atoms with van der Waals surface area (Å²) in [4.78, 5) is 0. The van der Waals surface area contributed by atoms with Crippen molar-refractivity contribution in [3.05, 3.63) is 78.6 Å². The van der Waals surface area contributed by atoms with E-state index in [0.717, 1.165) is 35.8 Å². The molecule has 3 aromatic rings. The second kappa shape index (κ2) is 9.40. The standard InChI is InChI=1S/C24H26FN3S/c1-2-10-22(18-11-5-3-6-12-18)29-24-27-26-23(19-13-9-14-20(25)17-19)28(24)21-15-7-4-8-16-21/h2-3,5-6,9,11-14,17,21-22H,1,4,7-8,10,15-16H2. The van der Waals surface area contributed by atoms with Gasteiger partial charge in [-0.25, -0.2) is 4.39 Å². The minimum absolute atomic E-state index is 0.223. The highest BCUT2D eigenvalue weighted by atomic mass is 32.2. The molecule has 1 saturated carbocycles. The molecule has 0 N–H and O–H groups in total. The summed E-state index contributed by atoms with van der Waals surface area (Å²) in [5.74, 6) is 0.521. The van der Waals surface area contributed by atoms with Gasteiger partial charge in [-0.1, -0.05) is 79.6 Å². The van der Waals surface area contributed by atoms with Crippen molar-refractivity contribution in [3.8, 4) is 11.4 Å². The number of benzene rings is 2. The molecule has 3 nitrogen and oxygen atoms in total. The molecule has 1 heterocycles. The first-order valence-corrected chi connectivity index (χ1v) is 11.2. The Labute approximate surface area is 176 Å². The van der Waals surface area contributed by atoms with Crippen molar-refractivity contribution in [3.63, 3.8) is 0 Å². The van der Waals surface area contributed by atoms with Crippen LogP contribution in [-0.2, 0) is 0 Å². The van der Waals surface area contributed by atoms with E-state index in [1.165, 1.54) is 30.9 Å². The smallest absolute Gasteiger partial charge is 0.192 e. The zero-order valence-electron chi connectivity index (χ0n) is 16.5. The third-order valence-corrected chi connectivity index (χ3v) is 6.73. The monoisotopic (exact) mass is 407 g/mol. The van der Waals surface area contributed by atoms with Gasteiger partial charge in [-0.05, 0) is 37.0 Å². The van der Waals surface area contributed by atoms with Crippen LogP contribution >= 0.6 is 11.8 Å². The zero-order chi connectivity index (χ0) is 20.1. The van der Waals surface area contributed by atoms with Crippen LogP contribution in [0.1, 0.15) is 55.4 Å². The molecule has 2 aromatic carbocycles. The molecular weight excluding hydrogens is 381 g/mol.